The van der Waals surface area contributed by atoms with Crippen LogP contribution in [0.1, 0.15) is 32.2 Å². The van der Waals surface area contributed by atoms with Crippen LogP contribution in [0.3, 0.4) is 0 Å². The normalized spacial score (nSPS) is 11.2. The Labute approximate surface area is 131 Å². The fraction of sp³-hybridized carbons (Fsp3) is 0.353. The highest BCUT2D eigenvalue weighted by Gasteiger charge is 2.21. The lowest BCUT2D eigenvalue weighted by Gasteiger charge is -2.17. The molecule has 0 saturated heterocycles. The smallest absolute Gasteiger partial charge is 0.230 e. The highest BCUT2D eigenvalue weighted by molar-refractivity contribution is 5.93. The minimum Gasteiger partial charge on any atom is -0.310 e. The van der Waals surface area contributed by atoms with Crippen molar-refractivity contribution < 1.29 is 4.79 Å². The van der Waals surface area contributed by atoms with Crippen molar-refractivity contribution in [2.75, 3.05) is 5.32 Å². The SMILES string of the molecule is CC(C)(C)C(=O)Nc1cccc(CNCc2ccccn2)n1. The Balaban J connectivity index is 1.90. The van der Waals surface area contributed by atoms with Crippen molar-refractivity contribution in [3.8, 4) is 0 Å². The van der Waals surface area contributed by atoms with Crippen LogP contribution in [0.4, 0.5) is 5.82 Å². The third-order valence-corrected chi connectivity index (χ3v) is 3.07. The van der Waals surface area contributed by atoms with Gasteiger partial charge in [-0.25, -0.2) is 4.98 Å². The second kappa shape index (κ2) is 7.13. The standard InChI is InChI=1S/C17H22N4O/c1-17(2,3)16(22)21-15-9-6-8-14(20-15)12-18-11-13-7-4-5-10-19-13/h4-10,18H,11-12H2,1-3H3,(H,20,21,22). The Morgan fingerprint density at radius 3 is 2.45 bits per heavy atom. The molecule has 2 N–H and O–H groups in total. The summed E-state index contributed by atoms with van der Waals surface area (Å²) >= 11 is 0. The summed E-state index contributed by atoms with van der Waals surface area (Å²) in [6.45, 7) is 6.93. The highest BCUT2D eigenvalue weighted by Crippen LogP contribution is 2.16. The summed E-state index contributed by atoms with van der Waals surface area (Å²) in [5.41, 5.74) is 1.43. The lowest BCUT2D eigenvalue weighted by molar-refractivity contribution is -0.123. The van der Waals surface area contributed by atoms with E-state index in [1.807, 2.05) is 51.1 Å². The maximum absolute atomic E-state index is 12.0. The second-order valence-electron chi connectivity index (χ2n) is 6.14. The lowest BCUT2D eigenvalue weighted by Crippen LogP contribution is -2.28. The van der Waals surface area contributed by atoms with Crippen molar-refractivity contribution in [2.24, 2.45) is 5.41 Å². The molecule has 0 aromatic carbocycles. The molecule has 116 valence electrons. The van der Waals surface area contributed by atoms with E-state index in [0.29, 0.717) is 18.9 Å². The predicted molar refractivity (Wildman–Crippen MR) is 87.1 cm³/mol. The molecule has 2 aromatic heterocycles. The molecule has 0 bridgehead atoms. The molecule has 0 aliphatic heterocycles. The zero-order valence-electron chi connectivity index (χ0n) is 13.3. The molecule has 0 unspecified atom stereocenters. The van der Waals surface area contributed by atoms with Gasteiger partial charge in [0.05, 0.1) is 11.4 Å². The van der Waals surface area contributed by atoms with Gasteiger partial charge in [0.2, 0.25) is 5.91 Å². The maximum Gasteiger partial charge on any atom is 0.230 e. The Bertz CT molecular complexity index is 620. The number of nitrogens with zero attached hydrogens (tertiary/aromatic N) is 2. The topological polar surface area (TPSA) is 66.9 Å². The third kappa shape index (κ3) is 4.93. The Hall–Kier alpha value is -2.27. The van der Waals surface area contributed by atoms with Crippen LogP contribution in [-0.4, -0.2) is 15.9 Å². The summed E-state index contributed by atoms with van der Waals surface area (Å²) < 4.78 is 0. The summed E-state index contributed by atoms with van der Waals surface area (Å²) in [5.74, 6) is 0.538. The van der Waals surface area contributed by atoms with Gasteiger partial charge in [0.25, 0.3) is 0 Å². The average Bonchev–Trinajstić information content (AvgIpc) is 2.48. The van der Waals surface area contributed by atoms with Crippen molar-refractivity contribution in [1.29, 1.82) is 0 Å². The van der Waals surface area contributed by atoms with E-state index in [0.717, 1.165) is 11.4 Å². The van der Waals surface area contributed by atoms with Gasteiger partial charge in [0.1, 0.15) is 5.82 Å². The quantitative estimate of drug-likeness (QED) is 0.890. The third-order valence-electron chi connectivity index (χ3n) is 3.07. The van der Waals surface area contributed by atoms with E-state index in [2.05, 4.69) is 20.6 Å². The van der Waals surface area contributed by atoms with E-state index < -0.39 is 5.41 Å². The van der Waals surface area contributed by atoms with Gasteiger partial charge in [-0.2, -0.15) is 0 Å². The van der Waals surface area contributed by atoms with E-state index in [-0.39, 0.29) is 5.91 Å². The molecule has 0 fully saturated rings. The minimum absolute atomic E-state index is 0.0430. The van der Waals surface area contributed by atoms with Gasteiger partial charge in [-0.1, -0.05) is 32.9 Å². The van der Waals surface area contributed by atoms with Crippen LogP contribution >= 0.6 is 0 Å². The van der Waals surface area contributed by atoms with Crippen LogP contribution in [0.25, 0.3) is 0 Å². The van der Waals surface area contributed by atoms with E-state index in [1.165, 1.54) is 0 Å². The van der Waals surface area contributed by atoms with Crippen molar-refractivity contribution in [3.05, 3.63) is 54.0 Å². The van der Waals surface area contributed by atoms with Crippen LogP contribution < -0.4 is 10.6 Å². The summed E-state index contributed by atoms with van der Waals surface area (Å²) in [5, 5.41) is 6.13. The zero-order valence-corrected chi connectivity index (χ0v) is 13.3. The minimum atomic E-state index is -0.436. The van der Waals surface area contributed by atoms with Gasteiger partial charge in [-0.05, 0) is 24.3 Å². The molecule has 0 atom stereocenters. The fourth-order valence-corrected chi connectivity index (χ4v) is 1.77. The molecule has 2 heterocycles. The van der Waals surface area contributed by atoms with Crippen LogP contribution in [0.5, 0.6) is 0 Å². The van der Waals surface area contributed by atoms with Gasteiger partial charge in [-0.3, -0.25) is 9.78 Å². The first-order valence-electron chi connectivity index (χ1n) is 7.33. The van der Waals surface area contributed by atoms with E-state index >= 15 is 0 Å². The van der Waals surface area contributed by atoms with Crippen LogP contribution in [0, 0.1) is 5.41 Å². The largest absolute Gasteiger partial charge is 0.310 e. The van der Waals surface area contributed by atoms with Gasteiger partial charge >= 0.3 is 0 Å². The van der Waals surface area contributed by atoms with Gasteiger partial charge < -0.3 is 10.6 Å². The fourth-order valence-electron chi connectivity index (χ4n) is 1.77. The second-order valence-corrected chi connectivity index (χ2v) is 6.14. The van der Waals surface area contributed by atoms with Gasteiger partial charge in [0, 0.05) is 24.7 Å². The number of rotatable bonds is 5. The van der Waals surface area contributed by atoms with E-state index in [1.54, 1.807) is 12.3 Å². The first-order valence-corrected chi connectivity index (χ1v) is 7.33. The molecule has 5 heteroatoms. The number of carbonyl (C=O) groups is 1. The molecule has 0 aliphatic carbocycles. The van der Waals surface area contributed by atoms with Crippen LogP contribution in [0.2, 0.25) is 0 Å². The van der Waals surface area contributed by atoms with Crippen molar-refractivity contribution in [1.82, 2.24) is 15.3 Å². The molecule has 0 saturated carbocycles. The van der Waals surface area contributed by atoms with Crippen molar-refractivity contribution >= 4 is 11.7 Å². The first-order chi connectivity index (χ1) is 10.4. The number of hydrogen-bond donors (Lipinski definition) is 2. The maximum atomic E-state index is 12.0. The predicted octanol–water partition coefficient (Wildman–Crippen LogP) is 2.75. The Morgan fingerprint density at radius 2 is 1.77 bits per heavy atom. The Kier molecular flexibility index (Phi) is 5.22. The summed E-state index contributed by atoms with van der Waals surface area (Å²) in [4.78, 5) is 20.7. The van der Waals surface area contributed by atoms with Crippen LogP contribution in [-0.2, 0) is 17.9 Å². The lowest BCUT2D eigenvalue weighted by atomic mass is 9.96. The highest BCUT2D eigenvalue weighted by atomic mass is 16.2. The van der Waals surface area contributed by atoms with Crippen molar-refractivity contribution in [2.45, 2.75) is 33.9 Å². The Morgan fingerprint density at radius 1 is 1.05 bits per heavy atom. The number of hydrogen-bond acceptors (Lipinski definition) is 4. The molecular weight excluding hydrogens is 276 g/mol. The number of nitrogens with one attached hydrogen (secondary N) is 2. The summed E-state index contributed by atoms with van der Waals surface area (Å²) in [6, 6.07) is 11.4. The molecule has 0 spiro atoms. The molecule has 2 aromatic rings. The number of pyridine rings is 2. The van der Waals surface area contributed by atoms with E-state index in [9.17, 15) is 4.79 Å². The summed E-state index contributed by atoms with van der Waals surface area (Å²) in [7, 11) is 0. The number of aromatic nitrogens is 2. The van der Waals surface area contributed by atoms with E-state index in [4.69, 9.17) is 0 Å². The number of anilines is 1. The zero-order chi connectivity index (χ0) is 16.0. The molecule has 0 radical (unpaired) electrons. The van der Waals surface area contributed by atoms with Gasteiger partial charge in [-0.15, -0.1) is 0 Å². The molecular formula is C17H22N4O. The molecule has 1 amide bonds. The molecule has 22 heavy (non-hydrogen) atoms. The summed E-state index contributed by atoms with van der Waals surface area (Å²) in [6.07, 6.45) is 1.78. The monoisotopic (exact) mass is 298 g/mol. The number of carbonyl (C=O) groups excluding carboxylic acids is 1. The molecule has 0 aliphatic rings. The first kappa shape index (κ1) is 16.1. The average molecular weight is 298 g/mol. The molecule has 2 rings (SSSR count). The van der Waals surface area contributed by atoms with Crippen molar-refractivity contribution in [3.63, 3.8) is 0 Å². The number of amides is 1. The molecule has 5 nitrogen and oxygen atoms in total. The van der Waals surface area contributed by atoms with Crippen LogP contribution in [0.15, 0.2) is 42.6 Å². The van der Waals surface area contributed by atoms with Gasteiger partial charge in [0.15, 0.2) is 0 Å².